The number of anilines is 1. The lowest BCUT2D eigenvalue weighted by Crippen LogP contribution is -2.13. The smallest absolute Gasteiger partial charge is 0.224 e. The van der Waals surface area contributed by atoms with Crippen LogP contribution in [-0.2, 0) is 11.3 Å². The molecule has 0 aliphatic carbocycles. The summed E-state index contributed by atoms with van der Waals surface area (Å²) in [5, 5.41) is 3.03. The van der Waals surface area contributed by atoms with E-state index in [2.05, 4.69) is 20.3 Å². The van der Waals surface area contributed by atoms with Gasteiger partial charge in [0.1, 0.15) is 34.9 Å². The van der Waals surface area contributed by atoms with Gasteiger partial charge < -0.3 is 19.9 Å². The molecule has 0 fully saturated rings. The summed E-state index contributed by atoms with van der Waals surface area (Å²) in [5.74, 6) is -5.73. The van der Waals surface area contributed by atoms with Crippen molar-refractivity contribution in [3.8, 4) is 44.5 Å². The molecule has 2 aliphatic heterocycles. The molecule has 0 spiro atoms. The molecule has 1 amide bonds. The van der Waals surface area contributed by atoms with Crippen molar-refractivity contribution in [3.05, 3.63) is 180 Å². The van der Waals surface area contributed by atoms with E-state index in [-0.39, 0.29) is 68.3 Å². The second-order valence-electron chi connectivity index (χ2n) is 15.3. The molecule has 8 nitrogen and oxygen atoms in total. The molecule has 0 saturated carbocycles. The fourth-order valence-electron chi connectivity index (χ4n) is 8.35. The maximum atomic E-state index is 16.0. The summed E-state index contributed by atoms with van der Waals surface area (Å²) in [6, 6.07) is 23.6. The molecule has 3 N–H and O–H groups in total. The van der Waals surface area contributed by atoms with Gasteiger partial charge in [-0.25, -0.2) is 41.3 Å². The third kappa shape index (κ3) is 7.58. The van der Waals surface area contributed by atoms with Gasteiger partial charge in [0.15, 0.2) is 0 Å². The first kappa shape index (κ1) is 40.8. The summed E-state index contributed by atoms with van der Waals surface area (Å²) in [6.45, 7) is 0.572. The first-order valence-corrected chi connectivity index (χ1v) is 20.5. The minimum atomic E-state index is -0.936. The Bertz CT molecular complexity index is 3330. The number of nitrogens with zero attached hydrogens (tertiary/aromatic N) is 4. The van der Waals surface area contributed by atoms with Crippen LogP contribution in [0.25, 0.3) is 90.9 Å². The van der Waals surface area contributed by atoms with Crippen LogP contribution in [0.15, 0.2) is 122 Å². The van der Waals surface area contributed by atoms with Crippen LogP contribution in [0.2, 0.25) is 0 Å². The number of rotatable bonds is 9. The molecule has 8 bridgehead atoms. The second-order valence-corrected chi connectivity index (χ2v) is 15.3. The van der Waals surface area contributed by atoms with Gasteiger partial charge in [-0.2, -0.15) is 0 Å². The average Bonchev–Trinajstić information content (AvgIpc) is 4.15. The second kappa shape index (κ2) is 16.8. The van der Waals surface area contributed by atoms with Crippen molar-refractivity contribution >= 4 is 58.0 Å². The zero-order valence-electron chi connectivity index (χ0n) is 33.9. The molecule has 14 heteroatoms. The lowest BCUT2D eigenvalue weighted by atomic mass is 10.0. The molecule has 0 saturated heterocycles. The van der Waals surface area contributed by atoms with E-state index in [1.807, 2.05) is 10.8 Å². The number of carbonyl (C=O) groups excluding carboxylic acids is 1. The number of aryl methyl sites for hydroxylation is 1. The molecule has 4 aromatic carbocycles. The van der Waals surface area contributed by atoms with Crippen molar-refractivity contribution in [2.24, 2.45) is 0 Å². The number of aromatic nitrogens is 6. The van der Waals surface area contributed by atoms with Crippen LogP contribution in [0.1, 0.15) is 35.6 Å². The first-order valence-electron chi connectivity index (χ1n) is 20.5. The Morgan fingerprint density at radius 1 is 0.508 bits per heavy atom. The van der Waals surface area contributed by atoms with E-state index in [0.29, 0.717) is 35.3 Å². The Kier molecular flexibility index (Phi) is 10.5. The summed E-state index contributed by atoms with van der Waals surface area (Å²) in [6.07, 6.45) is 12.0. The molecular formula is C51H33F6N7O. The van der Waals surface area contributed by atoms with Crippen LogP contribution in [0.4, 0.5) is 32.0 Å². The largest absolute Gasteiger partial charge is 0.354 e. The fraction of sp³-hybridized carbons (Fsp3) is 0.0588. The summed E-state index contributed by atoms with van der Waals surface area (Å²) >= 11 is 0. The Labute approximate surface area is 366 Å². The molecule has 65 heavy (non-hydrogen) atoms. The Hall–Kier alpha value is -8.26. The number of nitrogens with one attached hydrogen (secondary N) is 3. The molecule has 0 unspecified atom stereocenters. The van der Waals surface area contributed by atoms with Gasteiger partial charge in [0.2, 0.25) is 5.91 Å². The van der Waals surface area contributed by atoms with E-state index in [1.54, 1.807) is 61.1 Å². The van der Waals surface area contributed by atoms with E-state index in [0.717, 1.165) is 36.4 Å². The zero-order chi connectivity index (χ0) is 44.8. The number of fused-ring (bicyclic) bond motifs is 8. The van der Waals surface area contributed by atoms with Crippen molar-refractivity contribution in [1.82, 2.24) is 29.5 Å². The quantitative estimate of drug-likeness (QED) is 0.126. The highest BCUT2D eigenvalue weighted by Crippen LogP contribution is 2.42. The number of imidazole rings is 1. The Morgan fingerprint density at radius 2 is 0.923 bits per heavy atom. The van der Waals surface area contributed by atoms with Gasteiger partial charge >= 0.3 is 0 Å². The van der Waals surface area contributed by atoms with Crippen molar-refractivity contribution in [2.75, 3.05) is 5.32 Å². The number of hydrogen-bond acceptors (Lipinski definition) is 4. The van der Waals surface area contributed by atoms with E-state index in [4.69, 9.17) is 9.97 Å². The fourth-order valence-corrected chi connectivity index (χ4v) is 8.35. The number of benzene rings is 4. The number of carbonyl (C=O) groups is 1. The summed E-state index contributed by atoms with van der Waals surface area (Å²) in [4.78, 5) is 33.8. The summed E-state index contributed by atoms with van der Waals surface area (Å²) in [5.41, 5.74) is 1.20. The molecule has 2 aliphatic rings. The van der Waals surface area contributed by atoms with Crippen LogP contribution in [-0.4, -0.2) is 35.4 Å². The third-order valence-corrected chi connectivity index (χ3v) is 11.2. The third-order valence-electron chi connectivity index (χ3n) is 11.2. The van der Waals surface area contributed by atoms with Crippen LogP contribution in [0.5, 0.6) is 0 Å². The summed E-state index contributed by atoms with van der Waals surface area (Å²) in [7, 11) is 0. The van der Waals surface area contributed by atoms with E-state index in [1.165, 1.54) is 42.5 Å². The van der Waals surface area contributed by atoms with Crippen LogP contribution in [0.3, 0.4) is 0 Å². The lowest BCUT2D eigenvalue weighted by molar-refractivity contribution is -0.116. The van der Waals surface area contributed by atoms with Crippen molar-refractivity contribution < 1.29 is 31.1 Å². The minimum absolute atomic E-state index is 0.00800. The topological polar surface area (TPSA) is 104 Å². The molecule has 8 aromatic rings. The monoisotopic (exact) mass is 873 g/mol. The van der Waals surface area contributed by atoms with Gasteiger partial charge in [0, 0.05) is 80.9 Å². The number of amides is 1. The predicted octanol–water partition coefficient (Wildman–Crippen LogP) is 12.8. The number of aromatic amines is 2. The Morgan fingerprint density at radius 3 is 1.35 bits per heavy atom. The van der Waals surface area contributed by atoms with Gasteiger partial charge in [0.25, 0.3) is 0 Å². The van der Waals surface area contributed by atoms with Gasteiger partial charge in [0.05, 0.1) is 45.8 Å². The standard InChI is InChI=1S/C51H33F6N7O/c52-29-8-3-9-30(53)46(29)49-38-18-16-36(59-38)45(28-7-1-2-14-35(28)63-44(65)15-6-25-64-26-24-58-27-64)37-17-19-39(60-37)50(47-31(54)10-4-11-32(47)55)41-21-23-43(62-41)51(42-22-20-40(49)61-42)48-33(56)12-5-13-34(48)57/h1-5,7-14,16-24,26-27,59,62H,6,15,25H2,(H,63,65). The van der Waals surface area contributed by atoms with Gasteiger partial charge in [-0.15, -0.1) is 0 Å². The Balaban J connectivity index is 1.31. The molecule has 4 aromatic heterocycles. The average molecular weight is 874 g/mol. The highest BCUT2D eigenvalue weighted by atomic mass is 19.2. The van der Waals surface area contributed by atoms with Gasteiger partial charge in [-0.3, -0.25) is 4.79 Å². The van der Waals surface area contributed by atoms with Crippen molar-refractivity contribution in [1.29, 1.82) is 0 Å². The summed E-state index contributed by atoms with van der Waals surface area (Å²) < 4.78 is 97.5. The first-order chi connectivity index (χ1) is 31.6. The molecule has 0 radical (unpaired) electrons. The van der Waals surface area contributed by atoms with Crippen molar-refractivity contribution in [3.63, 3.8) is 0 Å². The number of H-pyrrole nitrogens is 2. The van der Waals surface area contributed by atoms with Crippen LogP contribution in [0, 0.1) is 34.9 Å². The van der Waals surface area contributed by atoms with Crippen LogP contribution < -0.4 is 5.32 Å². The number of para-hydroxylation sites is 1. The highest BCUT2D eigenvalue weighted by Gasteiger charge is 2.25. The van der Waals surface area contributed by atoms with Gasteiger partial charge in [-0.05, 0) is 97.5 Å². The maximum Gasteiger partial charge on any atom is 0.224 e. The van der Waals surface area contributed by atoms with Crippen LogP contribution >= 0.6 is 0 Å². The van der Waals surface area contributed by atoms with E-state index >= 15 is 26.3 Å². The highest BCUT2D eigenvalue weighted by molar-refractivity contribution is 6.03. The molecule has 6 heterocycles. The lowest BCUT2D eigenvalue weighted by Gasteiger charge is -2.13. The van der Waals surface area contributed by atoms with Crippen molar-refractivity contribution in [2.45, 2.75) is 19.4 Å². The molecular weight excluding hydrogens is 841 g/mol. The number of hydrogen-bond donors (Lipinski definition) is 3. The molecule has 0 atom stereocenters. The number of halogens is 6. The molecule has 320 valence electrons. The normalized spacial score (nSPS) is 12.0. The van der Waals surface area contributed by atoms with Gasteiger partial charge in [-0.1, -0.05) is 36.4 Å². The SMILES string of the molecule is O=C(CCCn1ccnc1)Nc1ccccc1-c1c2nc(c(-c3c(F)cccc3F)c3ccc([nH]3)c(-c3c(F)cccc3F)c3nc(c(-c4c(F)cccc4F)c4ccc1[nH]4)C=C3)C=C2. The van der Waals surface area contributed by atoms with E-state index < -0.39 is 51.6 Å². The molecule has 10 rings (SSSR count). The minimum Gasteiger partial charge on any atom is -0.354 e. The van der Waals surface area contributed by atoms with E-state index in [9.17, 15) is 4.79 Å². The maximum absolute atomic E-state index is 16.0. The zero-order valence-corrected chi connectivity index (χ0v) is 33.9. The predicted molar refractivity (Wildman–Crippen MR) is 240 cm³/mol.